The van der Waals surface area contributed by atoms with Crippen molar-refractivity contribution >= 4 is 28.6 Å². The quantitative estimate of drug-likeness (QED) is 0.124. The van der Waals surface area contributed by atoms with E-state index in [-0.39, 0.29) is 6.04 Å². The van der Waals surface area contributed by atoms with Crippen LogP contribution < -0.4 is 5.32 Å². The number of fused-ring (bicyclic) bond motifs is 1. The van der Waals surface area contributed by atoms with E-state index in [1.54, 1.807) is 0 Å². The van der Waals surface area contributed by atoms with Crippen molar-refractivity contribution in [1.82, 2.24) is 15.0 Å². The second kappa shape index (κ2) is 16.2. The van der Waals surface area contributed by atoms with Gasteiger partial charge in [-0.2, -0.15) is 11.8 Å². The lowest BCUT2D eigenvalue weighted by atomic mass is 10.0. The van der Waals surface area contributed by atoms with Crippen molar-refractivity contribution in [3.63, 3.8) is 0 Å². The van der Waals surface area contributed by atoms with Crippen LogP contribution in [0, 0.1) is 6.92 Å². The number of benzene rings is 1. The molecule has 0 aliphatic rings. The van der Waals surface area contributed by atoms with Gasteiger partial charge in [0.2, 0.25) is 0 Å². The van der Waals surface area contributed by atoms with Gasteiger partial charge in [-0.25, -0.2) is 4.98 Å². The Labute approximate surface area is 240 Å². The van der Waals surface area contributed by atoms with Crippen molar-refractivity contribution in [2.24, 2.45) is 0 Å². The fraction of sp³-hybridized carbons (Fsp3) is 0.441. The second-order valence-electron chi connectivity index (χ2n) is 11.0. The summed E-state index contributed by atoms with van der Waals surface area (Å²) in [6.07, 6.45) is 16.5. The average molecular weight is 545 g/mol. The van der Waals surface area contributed by atoms with Crippen molar-refractivity contribution in [2.45, 2.75) is 86.1 Å². The summed E-state index contributed by atoms with van der Waals surface area (Å²) in [5, 5.41) is 3.64. The minimum absolute atomic E-state index is 0.102. The van der Waals surface area contributed by atoms with Crippen LogP contribution in [0.25, 0.3) is 11.0 Å². The Morgan fingerprint density at radius 2 is 1.46 bits per heavy atom. The summed E-state index contributed by atoms with van der Waals surface area (Å²) < 4.78 is 0. The molecule has 5 heteroatoms. The summed E-state index contributed by atoms with van der Waals surface area (Å²) in [7, 11) is 0. The number of hydrogen-bond donors (Lipinski definition) is 3. The summed E-state index contributed by atoms with van der Waals surface area (Å²) in [6, 6.07) is 12.5. The summed E-state index contributed by atoms with van der Waals surface area (Å²) in [5.74, 6) is 3.95. The fourth-order valence-corrected chi connectivity index (χ4v) is 5.49. The first-order chi connectivity index (χ1) is 18.8. The van der Waals surface area contributed by atoms with Gasteiger partial charge >= 0.3 is 0 Å². The zero-order chi connectivity index (χ0) is 28.0. The molecule has 0 radical (unpaired) electrons. The highest BCUT2D eigenvalue weighted by molar-refractivity contribution is 7.99. The molecule has 0 aliphatic heterocycles. The lowest BCUT2D eigenvalue weighted by Gasteiger charge is -2.16. The van der Waals surface area contributed by atoms with E-state index in [1.165, 1.54) is 28.7 Å². The molecule has 0 saturated carbocycles. The van der Waals surface area contributed by atoms with Crippen LogP contribution in [0.5, 0.6) is 0 Å². The largest absolute Gasteiger partial charge is 0.361 e. The lowest BCUT2D eigenvalue weighted by molar-refractivity contribution is 0.821. The number of H-pyrrole nitrogens is 2. The third kappa shape index (κ3) is 11.4. The number of imidazole rings is 1. The first-order valence-electron chi connectivity index (χ1n) is 14.3. The highest BCUT2D eigenvalue weighted by Gasteiger charge is 2.16. The molecule has 1 unspecified atom stereocenters. The van der Waals surface area contributed by atoms with Gasteiger partial charge in [-0.15, -0.1) is 0 Å². The number of aromatic nitrogens is 3. The van der Waals surface area contributed by atoms with Gasteiger partial charge in [0.05, 0.1) is 17.1 Å². The van der Waals surface area contributed by atoms with Crippen LogP contribution in [-0.2, 0) is 0 Å². The molecule has 4 nitrogen and oxygen atoms in total. The molecule has 0 saturated heterocycles. The zero-order valence-electron chi connectivity index (χ0n) is 24.9. The number of aromatic amines is 2. The van der Waals surface area contributed by atoms with E-state index in [0.717, 1.165) is 72.0 Å². The van der Waals surface area contributed by atoms with Crippen LogP contribution >= 0.6 is 11.8 Å². The number of nitrogens with zero attached hydrogens (tertiary/aromatic N) is 1. The number of anilines is 1. The Hall–Kier alpha value is -2.92. The maximum atomic E-state index is 4.86. The van der Waals surface area contributed by atoms with Crippen molar-refractivity contribution in [1.29, 1.82) is 0 Å². The molecule has 2 heterocycles. The van der Waals surface area contributed by atoms with E-state index in [9.17, 15) is 0 Å². The van der Waals surface area contributed by atoms with Crippen LogP contribution in [-0.4, -0.2) is 26.5 Å². The van der Waals surface area contributed by atoms with Crippen molar-refractivity contribution < 1.29 is 0 Å². The van der Waals surface area contributed by atoms with Crippen LogP contribution in [0.1, 0.15) is 90.7 Å². The Kier molecular flexibility index (Phi) is 12.8. The number of allylic oxidation sites excluding steroid dienone is 7. The molecule has 0 aliphatic carbocycles. The number of thioether (sulfide) groups is 1. The van der Waals surface area contributed by atoms with E-state index in [1.807, 2.05) is 23.9 Å². The highest BCUT2D eigenvalue weighted by atomic mass is 32.2. The summed E-state index contributed by atoms with van der Waals surface area (Å²) in [4.78, 5) is 11.8. The Morgan fingerprint density at radius 3 is 2.08 bits per heavy atom. The highest BCUT2D eigenvalue weighted by Crippen LogP contribution is 2.24. The van der Waals surface area contributed by atoms with Gasteiger partial charge in [-0.3, -0.25) is 0 Å². The minimum Gasteiger partial charge on any atom is -0.361 e. The van der Waals surface area contributed by atoms with E-state index >= 15 is 0 Å². The van der Waals surface area contributed by atoms with E-state index in [4.69, 9.17) is 4.98 Å². The van der Waals surface area contributed by atoms with Crippen LogP contribution in [0.2, 0.25) is 0 Å². The molecule has 3 aromatic rings. The van der Waals surface area contributed by atoms with Gasteiger partial charge in [0.15, 0.2) is 0 Å². The van der Waals surface area contributed by atoms with Crippen molar-refractivity contribution in [3.8, 4) is 0 Å². The van der Waals surface area contributed by atoms with Crippen LogP contribution in [0.3, 0.4) is 0 Å². The molecule has 3 N–H and O–H groups in total. The third-order valence-corrected chi connectivity index (χ3v) is 7.86. The number of para-hydroxylation sites is 2. The van der Waals surface area contributed by atoms with Gasteiger partial charge in [0.25, 0.3) is 0 Å². The van der Waals surface area contributed by atoms with E-state index < -0.39 is 0 Å². The molecule has 0 amide bonds. The molecule has 0 bridgehead atoms. The van der Waals surface area contributed by atoms with Crippen LogP contribution in [0.4, 0.5) is 5.82 Å². The molecule has 210 valence electrons. The van der Waals surface area contributed by atoms with E-state index in [0.29, 0.717) is 0 Å². The molecule has 0 spiro atoms. The Bertz CT molecular complexity index is 1250. The summed E-state index contributed by atoms with van der Waals surface area (Å²) in [6.45, 7) is 13.2. The smallest absolute Gasteiger partial charge is 0.130 e. The predicted molar refractivity (Wildman–Crippen MR) is 174 cm³/mol. The van der Waals surface area contributed by atoms with Crippen molar-refractivity contribution in [2.75, 3.05) is 16.8 Å². The molecular weight excluding hydrogens is 496 g/mol. The molecule has 0 fully saturated rings. The standard InChI is InChI=1S/C34H48N4S/c1-25(2)12-9-13-26(3)14-10-15-27(4)16-11-17-28(5)22-23-39-24-32(36-33-21-20-29(6)35-33)34-37-30-18-7-8-19-31(30)38-34/h7-8,12,14,16,18-22,32,35-36H,9-11,13,15,17,23-24H2,1-6H3,(H,37,38)/b26-14+,27-16+,28-22+. The maximum absolute atomic E-state index is 4.86. The molecule has 1 aromatic carbocycles. The molecular formula is C34H48N4S. The number of aryl methyl sites for hydroxylation is 1. The Balaban J connectivity index is 1.43. The fourth-order valence-electron chi connectivity index (χ4n) is 4.48. The topological polar surface area (TPSA) is 56.5 Å². The number of hydrogen-bond acceptors (Lipinski definition) is 3. The third-order valence-electron chi connectivity index (χ3n) is 6.89. The summed E-state index contributed by atoms with van der Waals surface area (Å²) in [5.41, 5.74) is 9.14. The normalized spacial score (nSPS) is 13.6. The SMILES string of the molecule is CC(C)=CCC/C(C)=C/CC/C(C)=C/CC/C(C)=C/CSCC(Nc1ccc(C)[nH]1)c1nc2ccccc2[nH]1. The number of nitrogens with one attached hydrogen (secondary N) is 3. The van der Waals surface area contributed by atoms with Gasteiger partial charge in [-0.05, 0) is 104 Å². The first-order valence-corrected chi connectivity index (χ1v) is 15.5. The molecule has 3 rings (SSSR count). The Morgan fingerprint density at radius 1 is 0.821 bits per heavy atom. The maximum Gasteiger partial charge on any atom is 0.130 e. The van der Waals surface area contributed by atoms with Gasteiger partial charge in [0.1, 0.15) is 11.6 Å². The zero-order valence-corrected chi connectivity index (χ0v) is 25.7. The molecule has 1 atom stereocenters. The van der Waals surface area contributed by atoms with E-state index in [2.05, 4.69) is 105 Å². The average Bonchev–Trinajstić information content (AvgIpc) is 3.51. The summed E-state index contributed by atoms with van der Waals surface area (Å²) >= 11 is 1.94. The van der Waals surface area contributed by atoms with Gasteiger partial charge < -0.3 is 15.3 Å². The number of rotatable bonds is 16. The van der Waals surface area contributed by atoms with Crippen molar-refractivity contribution in [3.05, 3.63) is 94.5 Å². The monoisotopic (exact) mass is 544 g/mol. The van der Waals surface area contributed by atoms with Gasteiger partial charge in [-0.1, -0.05) is 58.7 Å². The first kappa shape index (κ1) is 30.6. The molecule has 2 aromatic heterocycles. The van der Waals surface area contributed by atoms with Crippen LogP contribution in [0.15, 0.2) is 83.0 Å². The molecule has 39 heavy (non-hydrogen) atoms. The lowest BCUT2D eigenvalue weighted by Crippen LogP contribution is -2.15. The minimum atomic E-state index is 0.102. The van der Waals surface area contributed by atoms with Gasteiger partial charge in [0, 0.05) is 17.2 Å². The second-order valence-corrected chi connectivity index (χ2v) is 12.1. The predicted octanol–water partition coefficient (Wildman–Crippen LogP) is 10.2.